The van der Waals surface area contributed by atoms with E-state index in [-0.39, 0.29) is 18.7 Å². The highest BCUT2D eigenvalue weighted by Gasteiger charge is 2.28. The fraction of sp³-hybridized carbons (Fsp3) is 0.765. The van der Waals surface area contributed by atoms with Gasteiger partial charge >= 0.3 is 11.9 Å². The maximum absolute atomic E-state index is 12.3. The Balaban J connectivity index is 2.78. The van der Waals surface area contributed by atoms with Crippen molar-refractivity contribution in [1.82, 2.24) is 10.6 Å². The van der Waals surface area contributed by atoms with Gasteiger partial charge in [0.1, 0.15) is 12.1 Å². The lowest BCUT2D eigenvalue weighted by Gasteiger charge is -2.20. The van der Waals surface area contributed by atoms with Crippen LogP contribution in [0.4, 0.5) is 0 Å². The second kappa shape index (κ2) is 11.4. The van der Waals surface area contributed by atoms with E-state index in [2.05, 4.69) is 10.6 Å². The van der Waals surface area contributed by atoms with Crippen molar-refractivity contribution in [3.8, 4) is 0 Å². The van der Waals surface area contributed by atoms with Crippen molar-refractivity contribution >= 4 is 23.8 Å². The van der Waals surface area contributed by atoms with Crippen molar-refractivity contribution in [1.29, 1.82) is 0 Å². The van der Waals surface area contributed by atoms with Crippen molar-refractivity contribution < 1.29 is 29.4 Å². The van der Waals surface area contributed by atoms with Gasteiger partial charge in [-0.1, -0.05) is 44.9 Å². The highest BCUT2D eigenvalue weighted by molar-refractivity contribution is 5.92. The summed E-state index contributed by atoms with van der Waals surface area (Å²) in [5.74, 6) is -3.55. The summed E-state index contributed by atoms with van der Waals surface area (Å²) in [5.41, 5.74) is 0. The van der Waals surface area contributed by atoms with Crippen molar-refractivity contribution in [2.45, 2.75) is 82.7 Å². The van der Waals surface area contributed by atoms with Crippen LogP contribution in [0.5, 0.6) is 0 Å². The summed E-state index contributed by atoms with van der Waals surface area (Å²) in [6.07, 6.45) is 7.33. The SMILES string of the molecule is O=C(O)C[C@@H]1NC(=O)CCCCCCCCCC[C@@H](C(=O)O)NC1=O. The maximum atomic E-state index is 12.3. The van der Waals surface area contributed by atoms with Crippen LogP contribution < -0.4 is 10.6 Å². The van der Waals surface area contributed by atoms with Crippen LogP contribution in [0.3, 0.4) is 0 Å². The van der Waals surface area contributed by atoms with Crippen molar-refractivity contribution in [3.63, 3.8) is 0 Å². The minimum Gasteiger partial charge on any atom is -0.481 e. The number of carbonyl (C=O) groups is 4. The van der Waals surface area contributed by atoms with E-state index in [1.54, 1.807) is 0 Å². The molecule has 1 rings (SSSR count). The Morgan fingerprint density at radius 1 is 0.880 bits per heavy atom. The number of carboxylic acid groups (broad SMARTS) is 2. The Morgan fingerprint density at radius 2 is 1.44 bits per heavy atom. The topological polar surface area (TPSA) is 133 Å². The molecule has 0 aromatic carbocycles. The number of hydrogen-bond acceptors (Lipinski definition) is 4. The number of carbonyl (C=O) groups excluding carboxylic acids is 2. The molecule has 0 aromatic rings. The predicted molar refractivity (Wildman–Crippen MR) is 89.9 cm³/mol. The van der Waals surface area contributed by atoms with E-state index in [1.807, 2.05) is 0 Å². The molecule has 142 valence electrons. The number of amides is 2. The predicted octanol–water partition coefficient (Wildman–Crippen LogP) is 1.43. The zero-order valence-corrected chi connectivity index (χ0v) is 14.5. The Kier molecular flexibility index (Phi) is 9.57. The van der Waals surface area contributed by atoms with Gasteiger partial charge in [-0.2, -0.15) is 0 Å². The van der Waals surface area contributed by atoms with Crippen molar-refractivity contribution in [3.05, 3.63) is 0 Å². The maximum Gasteiger partial charge on any atom is 0.326 e. The Labute approximate surface area is 147 Å². The number of hydrogen-bond donors (Lipinski definition) is 4. The molecule has 0 aromatic heterocycles. The van der Waals surface area contributed by atoms with E-state index in [4.69, 9.17) is 5.11 Å². The van der Waals surface area contributed by atoms with E-state index >= 15 is 0 Å². The van der Waals surface area contributed by atoms with Crippen LogP contribution >= 0.6 is 0 Å². The second-order valence-corrected chi connectivity index (χ2v) is 6.48. The molecule has 0 bridgehead atoms. The quantitative estimate of drug-likeness (QED) is 0.604. The first kappa shape index (κ1) is 20.9. The average molecular weight is 356 g/mol. The summed E-state index contributed by atoms with van der Waals surface area (Å²) in [7, 11) is 0. The van der Waals surface area contributed by atoms with Gasteiger partial charge < -0.3 is 20.8 Å². The van der Waals surface area contributed by atoms with E-state index in [0.717, 1.165) is 38.5 Å². The van der Waals surface area contributed by atoms with Gasteiger partial charge in [0, 0.05) is 6.42 Å². The molecule has 0 spiro atoms. The molecule has 4 N–H and O–H groups in total. The summed E-state index contributed by atoms with van der Waals surface area (Å²) >= 11 is 0. The molecule has 1 heterocycles. The molecule has 0 saturated carbocycles. The summed E-state index contributed by atoms with van der Waals surface area (Å²) < 4.78 is 0. The van der Waals surface area contributed by atoms with E-state index in [0.29, 0.717) is 12.8 Å². The highest BCUT2D eigenvalue weighted by Crippen LogP contribution is 2.12. The molecular weight excluding hydrogens is 328 g/mol. The fourth-order valence-electron chi connectivity index (χ4n) is 2.87. The Morgan fingerprint density at radius 3 is 2.00 bits per heavy atom. The van der Waals surface area contributed by atoms with Gasteiger partial charge in [0.05, 0.1) is 6.42 Å². The molecule has 0 unspecified atom stereocenters. The van der Waals surface area contributed by atoms with Crippen LogP contribution in [-0.2, 0) is 19.2 Å². The molecule has 1 saturated heterocycles. The third-order valence-corrected chi connectivity index (χ3v) is 4.29. The van der Waals surface area contributed by atoms with Crippen LogP contribution in [0, 0.1) is 0 Å². The van der Waals surface area contributed by atoms with Gasteiger partial charge in [-0.3, -0.25) is 14.4 Å². The van der Waals surface area contributed by atoms with Gasteiger partial charge in [-0.05, 0) is 12.8 Å². The minimum atomic E-state index is -1.26. The number of aliphatic carboxylic acids is 2. The lowest BCUT2D eigenvalue weighted by atomic mass is 10.0. The van der Waals surface area contributed by atoms with Crippen LogP contribution in [0.1, 0.15) is 70.6 Å². The van der Waals surface area contributed by atoms with E-state index in [9.17, 15) is 24.3 Å². The smallest absolute Gasteiger partial charge is 0.326 e. The van der Waals surface area contributed by atoms with Crippen LogP contribution in [0.25, 0.3) is 0 Å². The molecule has 0 aliphatic carbocycles. The van der Waals surface area contributed by atoms with Gasteiger partial charge in [0.15, 0.2) is 0 Å². The molecule has 2 amide bonds. The molecule has 25 heavy (non-hydrogen) atoms. The molecular formula is C17H28N2O6. The lowest BCUT2D eigenvalue weighted by molar-refractivity contribution is -0.143. The molecule has 0 radical (unpaired) electrons. The highest BCUT2D eigenvalue weighted by atomic mass is 16.4. The molecule has 1 aliphatic heterocycles. The van der Waals surface area contributed by atoms with Crippen LogP contribution in [0.15, 0.2) is 0 Å². The van der Waals surface area contributed by atoms with Gasteiger partial charge in [0.25, 0.3) is 0 Å². The standard InChI is InChI=1S/C17H28N2O6/c20-14-10-8-6-4-2-1-3-5-7-9-12(17(24)25)19-16(23)13(18-14)11-15(21)22/h12-13H,1-11H2,(H,18,20)(H,19,23)(H,21,22)(H,24,25)/t12-,13-/m0/s1. The first-order chi connectivity index (χ1) is 11.9. The Bertz CT molecular complexity index is 480. The minimum absolute atomic E-state index is 0.228. The van der Waals surface area contributed by atoms with Crippen LogP contribution in [-0.4, -0.2) is 46.0 Å². The van der Waals surface area contributed by atoms with Gasteiger partial charge in [-0.15, -0.1) is 0 Å². The third kappa shape index (κ3) is 9.07. The largest absolute Gasteiger partial charge is 0.481 e. The van der Waals surface area contributed by atoms with E-state index in [1.165, 1.54) is 0 Å². The fourth-order valence-corrected chi connectivity index (χ4v) is 2.87. The molecule has 8 heteroatoms. The zero-order valence-electron chi connectivity index (χ0n) is 14.5. The van der Waals surface area contributed by atoms with Crippen molar-refractivity contribution in [2.75, 3.05) is 0 Å². The first-order valence-corrected chi connectivity index (χ1v) is 8.94. The summed E-state index contributed by atoms with van der Waals surface area (Å²) in [6.45, 7) is 0. The number of carboxylic acids is 2. The Hall–Kier alpha value is -2.12. The first-order valence-electron chi connectivity index (χ1n) is 8.94. The second-order valence-electron chi connectivity index (χ2n) is 6.48. The number of rotatable bonds is 3. The van der Waals surface area contributed by atoms with Crippen LogP contribution in [0.2, 0.25) is 0 Å². The van der Waals surface area contributed by atoms with Gasteiger partial charge in [0.2, 0.25) is 11.8 Å². The molecule has 1 fully saturated rings. The van der Waals surface area contributed by atoms with E-state index < -0.39 is 36.4 Å². The third-order valence-electron chi connectivity index (χ3n) is 4.29. The van der Waals surface area contributed by atoms with Gasteiger partial charge in [-0.25, -0.2) is 4.79 Å². The average Bonchev–Trinajstić information content (AvgIpc) is 2.53. The monoisotopic (exact) mass is 356 g/mol. The van der Waals surface area contributed by atoms with Crippen molar-refractivity contribution in [2.24, 2.45) is 0 Å². The summed E-state index contributed by atoms with van der Waals surface area (Å²) in [6, 6.07) is -2.34. The normalized spacial score (nSPS) is 24.8. The summed E-state index contributed by atoms with van der Waals surface area (Å²) in [5, 5.41) is 23.0. The number of nitrogens with one attached hydrogen (secondary N) is 2. The molecule has 2 atom stereocenters. The molecule has 1 aliphatic rings. The summed E-state index contributed by atoms with van der Waals surface area (Å²) in [4.78, 5) is 46.4. The lowest BCUT2D eigenvalue weighted by Crippen LogP contribution is -2.52. The zero-order chi connectivity index (χ0) is 18.7. The molecule has 8 nitrogen and oxygen atoms in total.